The average molecular weight is 196 g/mol. The Bertz CT molecular complexity index is 173. The Morgan fingerprint density at radius 2 is 1.71 bits per heavy atom. The molecule has 0 bridgehead atoms. The van der Waals surface area contributed by atoms with Crippen LogP contribution in [0.4, 0.5) is 0 Å². The van der Waals surface area contributed by atoms with Crippen molar-refractivity contribution < 1.29 is 9.53 Å². The van der Waals surface area contributed by atoms with E-state index >= 15 is 0 Å². The number of allylic oxidation sites excluding steroid dienone is 1. The number of hydrogen-bond donors (Lipinski definition) is 0. The van der Waals surface area contributed by atoms with E-state index in [9.17, 15) is 4.79 Å². The molecule has 0 saturated carbocycles. The number of unbranched alkanes of at least 4 members (excludes halogenated alkanes) is 5. The summed E-state index contributed by atoms with van der Waals surface area (Å²) in [6.07, 6.45) is 10.4. The van der Waals surface area contributed by atoms with Gasteiger partial charge in [0.25, 0.3) is 0 Å². The SMILES string of the molecule is C=CCCCCCCCC(=O)OC=C. The van der Waals surface area contributed by atoms with E-state index in [0.717, 1.165) is 19.3 Å². The van der Waals surface area contributed by atoms with Crippen LogP contribution in [0.5, 0.6) is 0 Å². The van der Waals surface area contributed by atoms with Gasteiger partial charge in [-0.2, -0.15) is 0 Å². The van der Waals surface area contributed by atoms with Crippen molar-refractivity contribution in [2.45, 2.75) is 44.9 Å². The van der Waals surface area contributed by atoms with E-state index < -0.39 is 0 Å². The van der Waals surface area contributed by atoms with Gasteiger partial charge in [0, 0.05) is 6.42 Å². The molecule has 0 saturated heterocycles. The molecule has 0 aromatic heterocycles. The van der Waals surface area contributed by atoms with E-state index in [2.05, 4.69) is 17.9 Å². The zero-order valence-corrected chi connectivity index (χ0v) is 8.84. The number of carbonyl (C=O) groups is 1. The van der Waals surface area contributed by atoms with E-state index in [0.29, 0.717) is 6.42 Å². The maximum atomic E-state index is 10.9. The van der Waals surface area contributed by atoms with E-state index in [4.69, 9.17) is 0 Å². The van der Waals surface area contributed by atoms with Gasteiger partial charge in [-0.1, -0.05) is 31.9 Å². The lowest BCUT2D eigenvalue weighted by atomic mass is 10.1. The minimum absolute atomic E-state index is 0.175. The number of esters is 1. The van der Waals surface area contributed by atoms with Crippen molar-refractivity contribution in [3.63, 3.8) is 0 Å². The lowest BCUT2D eigenvalue weighted by molar-refractivity contribution is -0.138. The summed E-state index contributed by atoms with van der Waals surface area (Å²) < 4.78 is 4.60. The first-order valence-electron chi connectivity index (χ1n) is 5.22. The highest BCUT2D eigenvalue weighted by Gasteiger charge is 1.99. The molecule has 0 fully saturated rings. The predicted octanol–water partition coefficient (Wildman–Crippen LogP) is 3.59. The number of carbonyl (C=O) groups excluding carboxylic acids is 1. The van der Waals surface area contributed by atoms with Gasteiger partial charge in [0.1, 0.15) is 0 Å². The van der Waals surface area contributed by atoms with Gasteiger partial charge < -0.3 is 4.74 Å². The maximum Gasteiger partial charge on any atom is 0.310 e. The molecule has 0 amide bonds. The first kappa shape index (κ1) is 12.9. The number of hydrogen-bond acceptors (Lipinski definition) is 2. The Morgan fingerprint density at radius 3 is 2.36 bits per heavy atom. The van der Waals surface area contributed by atoms with Gasteiger partial charge in [0.15, 0.2) is 0 Å². The van der Waals surface area contributed by atoms with Gasteiger partial charge >= 0.3 is 5.97 Å². The van der Waals surface area contributed by atoms with E-state index in [1.807, 2.05) is 6.08 Å². The molecule has 14 heavy (non-hydrogen) atoms. The third-order valence-corrected chi connectivity index (χ3v) is 2.00. The van der Waals surface area contributed by atoms with Crippen LogP contribution < -0.4 is 0 Å². The summed E-state index contributed by atoms with van der Waals surface area (Å²) in [6.45, 7) is 6.99. The largest absolute Gasteiger partial charge is 0.435 e. The first-order chi connectivity index (χ1) is 6.81. The molecule has 80 valence electrons. The van der Waals surface area contributed by atoms with Crippen LogP contribution in [0, 0.1) is 0 Å². The quantitative estimate of drug-likeness (QED) is 0.244. The Hall–Kier alpha value is -1.05. The first-order valence-corrected chi connectivity index (χ1v) is 5.22. The van der Waals surface area contributed by atoms with Crippen molar-refractivity contribution >= 4 is 5.97 Å². The fourth-order valence-corrected chi connectivity index (χ4v) is 1.24. The molecule has 0 aromatic carbocycles. The van der Waals surface area contributed by atoms with Gasteiger partial charge in [-0.3, -0.25) is 4.79 Å². The topological polar surface area (TPSA) is 26.3 Å². The van der Waals surface area contributed by atoms with Crippen molar-refractivity contribution in [2.75, 3.05) is 0 Å². The second-order valence-corrected chi connectivity index (χ2v) is 3.25. The number of rotatable bonds is 9. The Morgan fingerprint density at radius 1 is 1.07 bits per heavy atom. The third kappa shape index (κ3) is 9.04. The highest BCUT2D eigenvalue weighted by atomic mass is 16.5. The van der Waals surface area contributed by atoms with Crippen molar-refractivity contribution in [1.29, 1.82) is 0 Å². The number of ether oxygens (including phenoxy) is 1. The van der Waals surface area contributed by atoms with E-state index in [1.54, 1.807) is 0 Å². The average Bonchev–Trinajstić information content (AvgIpc) is 2.17. The minimum atomic E-state index is -0.175. The molecule has 0 rings (SSSR count). The summed E-state index contributed by atoms with van der Waals surface area (Å²) in [7, 11) is 0. The standard InChI is InChI=1S/C12H20O2/c1-3-5-6-7-8-9-10-11-12(13)14-4-2/h3-4H,1-2,5-11H2. The summed E-state index contributed by atoms with van der Waals surface area (Å²) in [5, 5.41) is 0. The second kappa shape index (κ2) is 10.0. The smallest absolute Gasteiger partial charge is 0.310 e. The molecule has 0 heterocycles. The monoisotopic (exact) mass is 196 g/mol. The second-order valence-electron chi connectivity index (χ2n) is 3.25. The van der Waals surface area contributed by atoms with Gasteiger partial charge in [-0.15, -0.1) is 6.58 Å². The lowest BCUT2D eigenvalue weighted by Gasteiger charge is -1.99. The maximum absolute atomic E-state index is 10.9. The van der Waals surface area contributed by atoms with Crippen molar-refractivity contribution in [3.05, 3.63) is 25.5 Å². The molecule has 0 unspecified atom stereocenters. The van der Waals surface area contributed by atoms with Crippen LogP contribution in [0.2, 0.25) is 0 Å². The molecule has 0 atom stereocenters. The van der Waals surface area contributed by atoms with Gasteiger partial charge in [0.05, 0.1) is 6.26 Å². The molecule has 2 nitrogen and oxygen atoms in total. The normalized spacial score (nSPS) is 9.43. The van der Waals surface area contributed by atoms with E-state index in [1.165, 1.54) is 25.5 Å². The lowest BCUT2D eigenvalue weighted by Crippen LogP contribution is -1.98. The van der Waals surface area contributed by atoms with Crippen LogP contribution >= 0.6 is 0 Å². The van der Waals surface area contributed by atoms with Crippen LogP contribution in [-0.4, -0.2) is 5.97 Å². The summed E-state index contributed by atoms with van der Waals surface area (Å²) in [6, 6.07) is 0. The van der Waals surface area contributed by atoms with E-state index in [-0.39, 0.29) is 5.97 Å². The predicted molar refractivity (Wildman–Crippen MR) is 58.8 cm³/mol. The minimum Gasteiger partial charge on any atom is -0.435 e. The molecule has 0 aliphatic carbocycles. The Balaban J connectivity index is 3.08. The van der Waals surface area contributed by atoms with Gasteiger partial charge in [-0.05, 0) is 19.3 Å². The molecule has 0 radical (unpaired) electrons. The van der Waals surface area contributed by atoms with Crippen LogP contribution in [0.1, 0.15) is 44.9 Å². The summed E-state index contributed by atoms with van der Waals surface area (Å²) >= 11 is 0. The molecule has 2 heteroatoms. The van der Waals surface area contributed by atoms with Gasteiger partial charge in [0.2, 0.25) is 0 Å². The molecule has 0 spiro atoms. The highest BCUT2D eigenvalue weighted by molar-refractivity contribution is 5.69. The molecule has 0 aliphatic heterocycles. The molecule has 0 aliphatic rings. The Labute approximate surface area is 86.6 Å². The van der Waals surface area contributed by atoms with Crippen LogP contribution in [-0.2, 0) is 9.53 Å². The van der Waals surface area contributed by atoms with Crippen molar-refractivity contribution in [1.82, 2.24) is 0 Å². The Kier molecular flexibility index (Phi) is 9.28. The summed E-state index contributed by atoms with van der Waals surface area (Å²) in [5.41, 5.74) is 0. The summed E-state index contributed by atoms with van der Waals surface area (Å²) in [5.74, 6) is -0.175. The van der Waals surface area contributed by atoms with Crippen LogP contribution in [0.25, 0.3) is 0 Å². The van der Waals surface area contributed by atoms with Crippen LogP contribution in [0.15, 0.2) is 25.5 Å². The third-order valence-electron chi connectivity index (χ3n) is 2.00. The van der Waals surface area contributed by atoms with Crippen molar-refractivity contribution in [2.24, 2.45) is 0 Å². The fraction of sp³-hybridized carbons (Fsp3) is 0.583. The molecule has 0 aromatic rings. The molecular weight excluding hydrogens is 176 g/mol. The van der Waals surface area contributed by atoms with Crippen molar-refractivity contribution in [3.8, 4) is 0 Å². The van der Waals surface area contributed by atoms with Crippen LogP contribution in [0.3, 0.4) is 0 Å². The molecular formula is C12H20O2. The zero-order chi connectivity index (χ0) is 10.6. The zero-order valence-electron chi connectivity index (χ0n) is 8.84. The highest BCUT2D eigenvalue weighted by Crippen LogP contribution is 2.07. The summed E-state index contributed by atoms with van der Waals surface area (Å²) in [4.78, 5) is 10.9. The fourth-order valence-electron chi connectivity index (χ4n) is 1.24. The molecule has 0 N–H and O–H groups in total. The van der Waals surface area contributed by atoms with Gasteiger partial charge in [-0.25, -0.2) is 0 Å².